The number of rotatable bonds is 5. The molecule has 1 saturated heterocycles. The molecule has 0 amide bonds. The number of aromatic nitrogens is 3. The van der Waals surface area contributed by atoms with Crippen molar-refractivity contribution in [2.24, 2.45) is 0 Å². The van der Waals surface area contributed by atoms with E-state index in [0.29, 0.717) is 11.1 Å². The van der Waals surface area contributed by atoms with Crippen LogP contribution in [-0.2, 0) is 4.74 Å². The molecule has 0 N–H and O–H groups in total. The molecule has 0 spiro atoms. The Bertz CT molecular complexity index is 1070. The van der Waals surface area contributed by atoms with Crippen molar-refractivity contribution < 1.29 is 9.15 Å². The van der Waals surface area contributed by atoms with Crippen LogP contribution < -0.4 is 0 Å². The zero-order chi connectivity index (χ0) is 18.8. The van der Waals surface area contributed by atoms with E-state index >= 15 is 0 Å². The molecule has 4 heterocycles. The molecule has 1 unspecified atom stereocenters. The summed E-state index contributed by atoms with van der Waals surface area (Å²) in [4.78, 5) is 5.93. The van der Waals surface area contributed by atoms with Crippen LogP contribution >= 0.6 is 23.1 Å². The average molecular weight is 410 g/mol. The van der Waals surface area contributed by atoms with E-state index in [-0.39, 0.29) is 6.10 Å². The predicted molar refractivity (Wildman–Crippen MR) is 113 cm³/mol. The van der Waals surface area contributed by atoms with Crippen LogP contribution in [0.3, 0.4) is 0 Å². The van der Waals surface area contributed by atoms with Gasteiger partial charge >= 0.3 is 0 Å². The van der Waals surface area contributed by atoms with Crippen molar-refractivity contribution in [3.05, 3.63) is 47.8 Å². The fraction of sp³-hybridized carbons (Fsp3) is 0.286. The van der Waals surface area contributed by atoms with Gasteiger partial charge in [0, 0.05) is 17.7 Å². The maximum absolute atomic E-state index is 6.00. The first-order valence-electron chi connectivity index (χ1n) is 9.39. The number of nitrogens with zero attached hydrogens (tertiary/aromatic N) is 3. The lowest BCUT2D eigenvalue weighted by Crippen LogP contribution is -2.21. The summed E-state index contributed by atoms with van der Waals surface area (Å²) in [6.45, 7) is 0.856. The van der Waals surface area contributed by atoms with Crippen molar-refractivity contribution >= 4 is 34.0 Å². The van der Waals surface area contributed by atoms with E-state index < -0.39 is 0 Å². The van der Waals surface area contributed by atoms with Gasteiger partial charge in [-0.3, -0.25) is 0 Å². The Morgan fingerprint density at radius 3 is 2.93 bits per heavy atom. The number of fused-ring (bicyclic) bond motifs is 1. The molecule has 0 radical (unpaired) electrons. The molecule has 3 aromatic heterocycles. The van der Waals surface area contributed by atoms with Crippen LogP contribution in [0.25, 0.3) is 32.9 Å². The fourth-order valence-corrected chi connectivity index (χ4v) is 4.90. The zero-order valence-electron chi connectivity index (χ0n) is 15.2. The van der Waals surface area contributed by atoms with E-state index in [1.807, 2.05) is 36.4 Å². The van der Waals surface area contributed by atoms with Gasteiger partial charge in [-0.25, -0.2) is 4.98 Å². The van der Waals surface area contributed by atoms with E-state index in [1.165, 1.54) is 6.42 Å². The summed E-state index contributed by atoms with van der Waals surface area (Å²) >= 11 is 3.24. The maximum Gasteiger partial charge on any atom is 0.276 e. The van der Waals surface area contributed by atoms with Crippen LogP contribution in [-0.4, -0.2) is 33.6 Å². The van der Waals surface area contributed by atoms with Gasteiger partial charge in [-0.2, -0.15) is 0 Å². The topological polar surface area (TPSA) is 61.0 Å². The van der Waals surface area contributed by atoms with E-state index in [9.17, 15) is 0 Å². The lowest BCUT2D eigenvalue weighted by Gasteiger charge is -2.21. The Morgan fingerprint density at radius 2 is 2.07 bits per heavy atom. The molecule has 28 heavy (non-hydrogen) atoms. The van der Waals surface area contributed by atoms with Crippen molar-refractivity contribution in [2.45, 2.75) is 30.6 Å². The Morgan fingerprint density at radius 1 is 1.11 bits per heavy atom. The molecule has 1 aromatic carbocycles. The standard InChI is InChI=1S/C21H19N3O2S2/c1-2-8-17-15(7-1)16(12-18(22-17)19-9-5-11-27-19)20-23-24-21(26-20)28-13-14-6-3-4-10-25-14/h1-2,5,7-9,11-12,14H,3-4,6,10,13H2. The summed E-state index contributed by atoms with van der Waals surface area (Å²) < 4.78 is 11.8. The van der Waals surface area contributed by atoms with Gasteiger partial charge in [0.05, 0.1) is 27.8 Å². The SMILES string of the molecule is c1csc(-c2cc(-c3nnc(SCC4CCCCO4)o3)c3ccccc3n2)c1. The lowest BCUT2D eigenvalue weighted by atomic mass is 10.1. The zero-order valence-corrected chi connectivity index (χ0v) is 16.8. The minimum absolute atomic E-state index is 0.279. The Balaban J connectivity index is 1.46. The van der Waals surface area contributed by atoms with Crippen LogP contribution in [0.4, 0.5) is 0 Å². The van der Waals surface area contributed by atoms with E-state index in [0.717, 1.165) is 52.2 Å². The van der Waals surface area contributed by atoms with Gasteiger partial charge in [0.25, 0.3) is 5.22 Å². The van der Waals surface area contributed by atoms with Gasteiger partial charge in [0.2, 0.25) is 5.89 Å². The summed E-state index contributed by atoms with van der Waals surface area (Å²) in [7, 11) is 0. The molecule has 0 bridgehead atoms. The monoisotopic (exact) mass is 409 g/mol. The van der Waals surface area contributed by atoms with E-state index in [1.54, 1.807) is 23.1 Å². The first-order chi connectivity index (χ1) is 13.9. The number of hydrogen-bond acceptors (Lipinski definition) is 7. The van der Waals surface area contributed by atoms with E-state index in [4.69, 9.17) is 14.1 Å². The van der Waals surface area contributed by atoms with Crippen LogP contribution in [0.15, 0.2) is 57.5 Å². The number of ether oxygens (including phenoxy) is 1. The Labute approximate surface area is 171 Å². The second kappa shape index (κ2) is 8.03. The van der Waals surface area contributed by atoms with Crippen molar-refractivity contribution in [2.75, 3.05) is 12.4 Å². The number of thioether (sulfide) groups is 1. The Hall–Kier alpha value is -2.22. The summed E-state index contributed by atoms with van der Waals surface area (Å²) in [5, 5.41) is 12.2. The van der Waals surface area contributed by atoms with Crippen LogP contribution in [0.5, 0.6) is 0 Å². The van der Waals surface area contributed by atoms with Gasteiger partial charge in [-0.15, -0.1) is 21.5 Å². The number of para-hydroxylation sites is 1. The maximum atomic E-state index is 6.00. The summed E-state index contributed by atoms with van der Waals surface area (Å²) in [6.07, 6.45) is 3.77. The number of thiophene rings is 1. The molecule has 1 atom stereocenters. The highest BCUT2D eigenvalue weighted by atomic mass is 32.2. The number of hydrogen-bond donors (Lipinski definition) is 0. The molecule has 7 heteroatoms. The molecule has 5 nitrogen and oxygen atoms in total. The third-order valence-corrected chi connectivity index (χ3v) is 6.64. The van der Waals surface area contributed by atoms with Crippen LogP contribution in [0, 0.1) is 0 Å². The van der Waals surface area contributed by atoms with Gasteiger partial charge in [-0.1, -0.05) is 36.0 Å². The first-order valence-corrected chi connectivity index (χ1v) is 11.3. The van der Waals surface area contributed by atoms with Crippen molar-refractivity contribution in [3.63, 3.8) is 0 Å². The largest absolute Gasteiger partial charge is 0.411 e. The van der Waals surface area contributed by atoms with Gasteiger partial charge in [0.1, 0.15) is 0 Å². The van der Waals surface area contributed by atoms with Crippen LogP contribution in [0.2, 0.25) is 0 Å². The smallest absolute Gasteiger partial charge is 0.276 e. The molecule has 1 fully saturated rings. The average Bonchev–Trinajstić information content (AvgIpc) is 3.44. The van der Waals surface area contributed by atoms with Gasteiger partial charge in [0.15, 0.2) is 0 Å². The van der Waals surface area contributed by atoms with Crippen LogP contribution in [0.1, 0.15) is 19.3 Å². The van der Waals surface area contributed by atoms with Crippen molar-refractivity contribution in [1.82, 2.24) is 15.2 Å². The van der Waals surface area contributed by atoms with Gasteiger partial charge in [-0.05, 0) is 42.8 Å². The molecule has 5 rings (SSSR count). The number of pyridine rings is 1. The highest BCUT2D eigenvalue weighted by molar-refractivity contribution is 7.99. The molecular formula is C21H19N3O2S2. The molecule has 4 aromatic rings. The second-order valence-electron chi connectivity index (χ2n) is 6.72. The summed E-state index contributed by atoms with van der Waals surface area (Å²) in [5.74, 6) is 1.38. The lowest BCUT2D eigenvalue weighted by molar-refractivity contribution is 0.0314. The quantitative estimate of drug-likeness (QED) is 0.396. The molecular weight excluding hydrogens is 390 g/mol. The third-order valence-electron chi connectivity index (χ3n) is 4.79. The molecule has 0 saturated carbocycles. The van der Waals surface area contributed by atoms with Gasteiger partial charge < -0.3 is 9.15 Å². The molecule has 1 aliphatic heterocycles. The fourth-order valence-electron chi connectivity index (χ4n) is 3.38. The Kier molecular flexibility index (Phi) is 5.12. The van der Waals surface area contributed by atoms with Crippen molar-refractivity contribution in [1.29, 1.82) is 0 Å². The highest BCUT2D eigenvalue weighted by Crippen LogP contribution is 2.34. The molecule has 0 aliphatic carbocycles. The minimum atomic E-state index is 0.279. The molecule has 142 valence electrons. The predicted octanol–water partition coefficient (Wildman–Crippen LogP) is 5.67. The second-order valence-corrected chi connectivity index (χ2v) is 8.64. The highest BCUT2D eigenvalue weighted by Gasteiger charge is 2.18. The number of benzene rings is 1. The summed E-state index contributed by atoms with van der Waals surface area (Å²) in [5.41, 5.74) is 2.76. The normalized spacial score (nSPS) is 17.2. The summed E-state index contributed by atoms with van der Waals surface area (Å²) in [6, 6.07) is 14.2. The third kappa shape index (κ3) is 3.70. The van der Waals surface area contributed by atoms with E-state index in [2.05, 4.69) is 21.6 Å². The minimum Gasteiger partial charge on any atom is -0.411 e. The van der Waals surface area contributed by atoms with Crippen molar-refractivity contribution in [3.8, 4) is 22.0 Å². The molecule has 1 aliphatic rings. The first kappa shape index (κ1) is 17.8.